The maximum absolute atomic E-state index is 13.2. The SMILES string of the molecule is CC(=O)c1ccc(N2CCN(C(=O)C3CCN(C(=O)C4CC(c5ccccn5)NN4)CC3)CC2)cc1. The summed E-state index contributed by atoms with van der Waals surface area (Å²) in [5, 5.41) is 0. The molecule has 9 heteroatoms. The Balaban J connectivity index is 1.07. The Kier molecular flexibility index (Phi) is 7.29. The molecule has 5 rings (SSSR count). The van der Waals surface area contributed by atoms with Gasteiger partial charge in [0, 0.05) is 62.6 Å². The topological polar surface area (TPSA) is 97.9 Å². The van der Waals surface area contributed by atoms with Crippen LogP contribution in [0.25, 0.3) is 0 Å². The molecule has 3 fully saturated rings. The fourth-order valence-corrected chi connectivity index (χ4v) is 5.41. The normalized spacial score (nSPS) is 23.1. The number of carbonyl (C=O) groups is 3. The number of benzene rings is 1. The Morgan fingerprint density at radius 2 is 1.53 bits per heavy atom. The second-order valence-corrected chi connectivity index (χ2v) is 9.90. The van der Waals surface area contributed by atoms with E-state index in [1.165, 1.54) is 0 Å². The van der Waals surface area contributed by atoms with Crippen molar-refractivity contribution in [1.29, 1.82) is 0 Å². The van der Waals surface area contributed by atoms with Gasteiger partial charge in [0.1, 0.15) is 6.04 Å². The van der Waals surface area contributed by atoms with E-state index < -0.39 is 0 Å². The molecule has 190 valence electrons. The Labute approximate surface area is 211 Å². The lowest BCUT2D eigenvalue weighted by Gasteiger charge is -2.39. The largest absolute Gasteiger partial charge is 0.368 e. The Bertz CT molecular complexity index is 1080. The van der Waals surface area contributed by atoms with E-state index in [4.69, 9.17) is 0 Å². The van der Waals surface area contributed by atoms with Gasteiger partial charge in [0.05, 0.1) is 11.7 Å². The molecular weight excluding hydrogens is 456 g/mol. The van der Waals surface area contributed by atoms with Crippen molar-refractivity contribution in [1.82, 2.24) is 25.6 Å². The maximum atomic E-state index is 13.2. The van der Waals surface area contributed by atoms with Gasteiger partial charge in [-0.1, -0.05) is 6.07 Å². The molecule has 1 aromatic carbocycles. The van der Waals surface area contributed by atoms with Crippen LogP contribution in [0.4, 0.5) is 5.69 Å². The van der Waals surface area contributed by atoms with Gasteiger partial charge in [-0.15, -0.1) is 0 Å². The molecule has 9 nitrogen and oxygen atoms in total. The number of ketones is 1. The van der Waals surface area contributed by atoms with Crippen LogP contribution < -0.4 is 15.8 Å². The molecule has 2 atom stereocenters. The number of amides is 2. The number of piperidine rings is 1. The predicted molar refractivity (Wildman–Crippen MR) is 136 cm³/mol. The van der Waals surface area contributed by atoms with Gasteiger partial charge in [0.15, 0.2) is 5.78 Å². The molecule has 3 aliphatic heterocycles. The fraction of sp³-hybridized carbons (Fsp3) is 0.481. The number of aromatic nitrogens is 1. The van der Waals surface area contributed by atoms with Crippen molar-refractivity contribution >= 4 is 23.3 Å². The van der Waals surface area contributed by atoms with Gasteiger partial charge in [-0.3, -0.25) is 19.4 Å². The zero-order valence-electron chi connectivity index (χ0n) is 20.7. The second kappa shape index (κ2) is 10.8. The van der Waals surface area contributed by atoms with Crippen LogP contribution in [0.3, 0.4) is 0 Å². The number of pyridine rings is 1. The summed E-state index contributed by atoms with van der Waals surface area (Å²) in [5.41, 5.74) is 9.06. The van der Waals surface area contributed by atoms with Gasteiger partial charge >= 0.3 is 0 Å². The Hall–Kier alpha value is -3.30. The minimum absolute atomic E-state index is 0.0185. The lowest BCUT2D eigenvalue weighted by Crippen LogP contribution is -2.53. The molecule has 0 bridgehead atoms. The highest BCUT2D eigenvalue weighted by molar-refractivity contribution is 5.94. The van der Waals surface area contributed by atoms with Crippen molar-refractivity contribution in [3.63, 3.8) is 0 Å². The number of carbonyl (C=O) groups excluding carboxylic acids is 3. The highest BCUT2D eigenvalue weighted by Crippen LogP contribution is 2.25. The van der Waals surface area contributed by atoms with E-state index >= 15 is 0 Å². The molecule has 0 saturated carbocycles. The summed E-state index contributed by atoms with van der Waals surface area (Å²) in [5.74, 6) is 0.349. The highest BCUT2D eigenvalue weighted by Gasteiger charge is 2.37. The molecule has 36 heavy (non-hydrogen) atoms. The summed E-state index contributed by atoms with van der Waals surface area (Å²) < 4.78 is 0. The zero-order chi connectivity index (χ0) is 25.1. The quantitative estimate of drug-likeness (QED) is 0.617. The van der Waals surface area contributed by atoms with Crippen molar-refractivity contribution in [2.24, 2.45) is 5.92 Å². The third-order valence-electron chi connectivity index (χ3n) is 7.63. The van der Waals surface area contributed by atoms with Gasteiger partial charge < -0.3 is 14.7 Å². The first kappa shape index (κ1) is 24.4. The van der Waals surface area contributed by atoms with Crippen molar-refractivity contribution in [2.75, 3.05) is 44.2 Å². The van der Waals surface area contributed by atoms with Crippen LogP contribution >= 0.6 is 0 Å². The van der Waals surface area contributed by atoms with Gasteiger partial charge in [-0.05, 0) is 62.6 Å². The fourth-order valence-electron chi connectivity index (χ4n) is 5.41. The third kappa shape index (κ3) is 5.27. The molecule has 2 unspecified atom stereocenters. The van der Waals surface area contributed by atoms with Crippen molar-refractivity contribution in [3.8, 4) is 0 Å². The number of piperazine rings is 1. The third-order valence-corrected chi connectivity index (χ3v) is 7.63. The van der Waals surface area contributed by atoms with Gasteiger partial charge in [-0.25, -0.2) is 10.9 Å². The van der Waals surface area contributed by atoms with E-state index in [2.05, 4.69) is 20.7 Å². The first-order valence-corrected chi connectivity index (χ1v) is 12.8. The Morgan fingerprint density at radius 1 is 0.833 bits per heavy atom. The number of rotatable bonds is 5. The summed E-state index contributed by atoms with van der Waals surface area (Å²) in [6.45, 7) is 5.74. The average Bonchev–Trinajstić information content (AvgIpc) is 3.43. The minimum Gasteiger partial charge on any atom is -0.368 e. The summed E-state index contributed by atoms with van der Waals surface area (Å²) in [7, 11) is 0. The standard InChI is InChI=1S/C27H34N6O3/c1-19(34)20-5-7-22(8-6-20)31-14-16-33(17-15-31)26(35)21-9-12-32(13-10-21)27(36)25-18-24(29-30-25)23-4-2-3-11-28-23/h2-8,11,21,24-25,29-30H,9-10,12-18H2,1H3. The lowest BCUT2D eigenvalue weighted by atomic mass is 9.94. The lowest BCUT2D eigenvalue weighted by molar-refractivity contribution is -0.141. The van der Waals surface area contributed by atoms with Gasteiger partial charge in [0.2, 0.25) is 11.8 Å². The smallest absolute Gasteiger partial charge is 0.241 e. The van der Waals surface area contributed by atoms with E-state index in [-0.39, 0.29) is 35.6 Å². The number of hydrogen-bond donors (Lipinski definition) is 2. The summed E-state index contributed by atoms with van der Waals surface area (Å²) in [6.07, 6.45) is 3.85. The number of hydrazine groups is 1. The molecule has 0 radical (unpaired) electrons. The Morgan fingerprint density at radius 3 is 2.17 bits per heavy atom. The van der Waals surface area contributed by atoms with Crippen LogP contribution in [0, 0.1) is 5.92 Å². The second-order valence-electron chi connectivity index (χ2n) is 9.90. The molecule has 0 aliphatic carbocycles. The van der Waals surface area contributed by atoms with E-state index in [1.54, 1.807) is 13.1 Å². The van der Waals surface area contributed by atoms with Crippen molar-refractivity contribution in [2.45, 2.75) is 38.3 Å². The number of likely N-dealkylation sites (tertiary alicyclic amines) is 1. The van der Waals surface area contributed by atoms with Gasteiger partial charge in [-0.2, -0.15) is 0 Å². The molecule has 2 amide bonds. The molecule has 3 saturated heterocycles. The molecule has 2 N–H and O–H groups in total. The molecule has 1 aromatic heterocycles. The molecule has 2 aromatic rings. The number of nitrogens with zero attached hydrogens (tertiary/aromatic N) is 4. The number of hydrogen-bond acceptors (Lipinski definition) is 7. The number of nitrogens with one attached hydrogen (secondary N) is 2. The first-order valence-electron chi connectivity index (χ1n) is 12.8. The minimum atomic E-state index is -0.276. The molecule has 3 aliphatic rings. The molecule has 0 spiro atoms. The van der Waals surface area contributed by atoms with Crippen LogP contribution in [0.5, 0.6) is 0 Å². The average molecular weight is 491 g/mol. The van der Waals surface area contributed by atoms with E-state index in [0.717, 1.165) is 24.5 Å². The number of anilines is 1. The molecule has 4 heterocycles. The first-order chi connectivity index (χ1) is 17.5. The van der Waals surface area contributed by atoms with E-state index in [0.29, 0.717) is 51.0 Å². The molecular formula is C27H34N6O3. The van der Waals surface area contributed by atoms with Crippen molar-refractivity contribution < 1.29 is 14.4 Å². The van der Waals surface area contributed by atoms with Crippen LogP contribution in [0.2, 0.25) is 0 Å². The zero-order valence-corrected chi connectivity index (χ0v) is 20.7. The number of Topliss-reactive ketones (excluding diaryl/α,β-unsaturated/α-hetero) is 1. The van der Waals surface area contributed by atoms with E-state index in [9.17, 15) is 14.4 Å². The highest BCUT2D eigenvalue weighted by atomic mass is 16.2. The summed E-state index contributed by atoms with van der Waals surface area (Å²) in [6, 6.07) is 13.2. The predicted octanol–water partition coefficient (Wildman–Crippen LogP) is 1.78. The monoisotopic (exact) mass is 490 g/mol. The summed E-state index contributed by atoms with van der Waals surface area (Å²) in [4.78, 5) is 48.3. The van der Waals surface area contributed by atoms with E-state index in [1.807, 2.05) is 52.3 Å². The maximum Gasteiger partial charge on any atom is 0.241 e. The van der Waals surface area contributed by atoms with Crippen LogP contribution in [0.15, 0.2) is 48.7 Å². The van der Waals surface area contributed by atoms with Crippen molar-refractivity contribution in [3.05, 3.63) is 59.9 Å². The van der Waals surface area contributed by atoms with Gasteiger partial charge in [0.25, 0.3) is 0 Å². The summed E-state index contributed by atoms with van der Waals surface area (Å²) >= 11 is 0. The van der Waals surface area contributed by atoms with Crippen LogP contribution in [-0.4, -0.2) is 77.7 Å². The van der Waals surface area contributed by atoms with Crippen LogP contribution in [0.1, 0.15) is 48.3 Å². The van der Waals surface area contributed by atoms with Crippen LogP contribution in [-0.2, 0) is 9.59 Å².